The number of hydrogen-bond acceptors (Lipinski definition) is 3. The first-order chi connectivity index (χ1) is 8.50. The van der Waals surface area contributed by atoms with E-state index in [9.17, 15) is 0 Å². The molecule has 1 aromatic heterocycles. The lowest BCUT2D eigenvalue weighted by molar-refractivity contribution is 0.567. The number of nitrogens with one attached hydrogen (secondary N) is 1. The lowest BCUT2D eigenvalue weighted by Gasteiger charge is -2.24. The fourth-order valence-electron chi connectivity index (χ4n) is 2.51. The second-order valence-corrected chi connectivity index (χ2v) is 7.44. The van der Waals surface area contributed by atoms with Gasteiger partial charge in [-0.25, -0.2) is 4.98 Å². The monoisotopic (exact) mass is 267 g/mol. The van der Waals surface area contributed by atoms with Crippen molar-refractivity contribution in [3.05, 3.63) is 11.9 Å². The van der Waals surface area contributed by atoms with Gasteiger partial charge in [0.15, 0.2) is 0 Å². The smallest absolute Gasteiger partial charge is 0.203 e. The summed E-state index contributed by atoms with van der Waals surface area (Å²) in [5.74, 6) is 1.06. The van der Waals surface area contributed by atoms with E-state index in [4.69, 9.17) is 0 Å². The first kappa shape index (κ1) is 13.8. The summed E-state index contributed by atoms with van der Waals surface area (Å²) < 4.78 is 2.53. The highest BCUT2D eigenvalue weighted by Crippen LogP contribution is 2.27. The number of imidazole rings is 1. The van der Waals surface area contributed by atoms with Gasteiger partial charge >= 0.3 is 0 Å². The summed E-state index contributed by atoms with van der Waals surface area (Å²) in [5.41, 5.74) is 1.10. The number of aromatic nitrogens is 2. The van der Waals surface area contributed by atoms with Crippen LogP contribution in [0.2, 0.25) is 0 Å². The Labute approximate surface area is 115 Å². The van der Waals surface area contributed by atoms with Gasteiger partial charge in [-0.2, -0.15) is 11.8 Å². The van der Waals surface area contributed by atoms with Crippen molar-refractivity contribution >= 4 is 17.7 Å². The van der Waals surface area contributed by atoms with Crippen LogP contribution in [0.15, 0.2) is 6.20 Å². The molecule has 1 aliphatic rings. The van der Waals surface area contributed by atoms with E-state index in [1.54, 1.807) is 0 Å². The van der Waals surface area contributed by atoms with Gasteiger partial charge in [0, 0.05) is 23.5 Å². The molecule has 0 amide bonds. The number of thioether (sulfide) groups is 1. The number of anilines is 1. The maximum Gasteiger partial charge on any atom is 0.203 e. The normalized spacial score (nSPS) is 17.3. The molecule has 3 nitrogen and oxygen atoms in total. The lowest BCUT2D eigenvalue weighted by Crippen LogP contribution is -2.25. The van der Waals surface area contributed by atoms with Crippen LogP contribution in [0, 0.1) is 6.92 Å². The molecular formula is C14H25N3S. The van der Waals surface area contributed by atoms with Crippen molar-refractivity contribution in [3.8, 4) is 0 Å². The van der Waals surface area contributed by atoms with Gasteiger partial charge in [0.25, 0.3) is 0 Å². The summed E-state index contributed by atoms with van der Waals surface area (Å²) >= 11 is 1.91. The molecule has 0 aromatic carbocycles. The Balaban J connectivity index is 2.09. The van der Waals surface area contributed by atoms with E-state index in [0.29, 0.717) is 6.04 Å². The minimum absolute atomic E-state index is 0.249. The van der Waals surface area contributed by atoms with E-state index < -0.39 is 0 Å². The molecule has 0 spiro atoms. The van der Waals surface area contributed by atoms with Crippen LogP contribution in [0.3, 0.4) is 0 Å². The molecule has 0 saturated heterocycles. The minimum atomic E-state index is 0.249. The summed E-state index contributed by atoms with van der Waals surface area (Å²) in [6.45, 7) is 7.64. The van der Waals surface area contributed by atoms with Crippen LogP contribution in [0.1, 0.15) is 45.2 Å². The summed E-state index contributed by atoms with van der Waals surface area (Å²) in [6, 6.07) is 0.628. The molecule has 102 valence electrons. The van der Waals surface area contributed by atoms with Crippen molar-refractivity contribution in [2.24, 2.45) is 0 Å². The molecule has 0 radical (unpaired) electrons. The predicted octanol–water partition coefficient (Wildman–Crippen LogP) is 3.69. The quantitative estimate of drug-likeness (QED) is 0.882. The van der Waals surface area contributed by atoms with Crippen molar-refractivity contribution in [1.29, 1.82) is 0 Å². The number of hydrogen-bond donors (Lipinski definition) is 1. The molecular weight excluding hydrogens is 242 g/mol. The lowest BCUT2D eigenvalue weighted by atomic mass is 10.2. The minimum Gasteiger partial charge on any atom is -0.353 e. The van der Waals surface area contributed by atoms with Gasteiger partial charge in [-0.3, -0.25) is 0 Å². The van der Waals surface area contributed by atoms with Crippen LogP contribution in [0.5, 0.6) is 0 Å². The van der Waals surface area contributed by atoms with Gasteiger partial charge in [-0.15, -0.1) is 0 Å². The third-order valence-corrected chi connectivity index (χ3v) is 4.92. The molecule has 4 heteroatoms. The second kappa shape index (κ2) is 5.55. The maximum absolute atomic E-state index is 4.64. The Morgan fingerprint density at radius 1 is 1.44 bits per heavy atom. The third-order valence-electron chi connectivity index (χ3n) is 3.69. The van der Waals surface area contributed by atoms with E-state index in [0.717, 1.165) is 18.2 Å². The SMILES string of the molecule is CSC(C)(C)Cn1cc(C)nc1NC1CCCC1. The zero-order valence-corrected chi connectivity index (χ0v) is 12.8. The molecule has 1 heterocycles. The number of nitrogens with zero attached hydrogens (tertiary/aromatic N) is 2. The van der Waals surface area contributed by atoms with Crippen molar-refractivity contribution in [1.82, 2.24) is 9.55 Å². The predicted molar refractivity (Wildman–Crippen MR) is 80.4 cm³/mol. The Morgan fingerprint density at radius 2 is 2.11 bits per heavy atom. The highest BCUT2D eigenvalue weighted by atomic mass is 32.2. The Kier molecular flexibility index (Phi) is 4.25. The zero-order valence-electron chi connectivity index (χ0n) is 12.0. The average Bonchev–Trinajstić information content (AvgIpc) is 2.90. The Hall–Kier alpha value is -0.640. The highest BCUT2D eigenvalue weighted by Gasteiger charge is 2.21. The van der Waals surface area contributed by atoms with Crippen LogP contribution in [-0.2, 0) is 6.54 Å². The molecule has 0 unspecified atom stereocenters. The van der Waals surface area contributed by atoms with Gasteiger partial charge in [0.2, 0.25) is 5.95 Å². The van der Waals surface area contributed by atoms with Crippen molar-refractivity contribution in [2.45, 2.75) is 63.8 Å². The van der Waals surface area contributed by atoms with Crippen molar-refractivity contribution in [3.63, 3.8) is 0 Å². The Morgan fingerprint density at radius 3 is 2.72 bits per heavy atom. The molecule has 18 heavy (non-hydrogen) atoms. The second-order valence-electron chi connectivity index (χ2n) is 5.92. The van der Waals surface area contributed by atoms with E-state index in [1.165, 1.54) is 25.7 Å². The van der Waals surface area contributed by atoms with Crippen LogP contribution < -0.4 is 5.32 Å². The molecule has 0 atom stereocenters. The Bertz CT molecular complexity index is 392. The van der Waals surface area contributed by atoms with Crippen molar-refractivity contribution in [2.75, 3.05) is 11.6 Å². The van der Waals surface area contributed by atoms with Crippen LogP contribution in [0.4, 0.5) is 5.95 Å². The van der Waals surface area contributed by atoms with Gasteiger partial charge in [0.05, 0.1) is 5.69 Å². The first-order valence-corrected chi connectivity index (χ1v) is 8.08. The van der Waals surface area contributed by atoms with Gasteiger partial charge in [0.1, 0.15) is 0 Å². The molecule has 1 aliphatic carbocycles. The van der Waals surface area contributed by atoms with Crippen LogP contribution in [-0.4, -0.2) is 26.6 Å². The molecule has 1 fully saturated rings. The molecule has 2 rings (SSSR count). The fourth-order valence-corrected chi connectivity index (χ4v) is 2.78. The average molecular weight is 267 g/mol. The number of rotatable bonds is 5. The summed E-state index contributed by atoms with van der Waals surface area (Å²) in [4.78, 5) is 4.64. The summed E-state index contributed by atoms with van der Waals surface area (Å²) in [5, 5.41) is 3.62. The van der Waals surface area contributed by atoms with E-state index >= 15 is 0 Å². The number of aryl methyl sites for hydroxylation is 1. The molecule has 0 bridgehead atoms. The van der Waals surface area contributed by atoms with Gasteiger partial charge in [-0.05, 0) is 39.9 Å². The first-order valence-electron chi connectivity index (χ1n) is 6.86. The summed E-state index contributed by atoms with van der Waals surface area (Å²) in [6.07, 6.45) is 9.63. The third kappa shape index (κ3) is 3.44. The van der Waals surface area contributed by atoms with Crippen molar-refractivity contribution < 1.29 is 0 Å². The maximum atomic E-state index is 4.64. The van der Waals surface area contributed by atoms with Gasteiger partial charge < -0.3 is 9.88 Å². The van der Waals surface area contributed by atoms with Gasteiger partial charge in [-0.1, -0.05) is 12.8 Å². The van der Waals surface area contributed by atoms with Crippen LogP contribution in [0.25, 0.3) is 0 Å². The fraction of sp³-hybridized carbons (Fsp3) is 0.786. The molecule has 0 aliphatic heterocycles. The van der Waals surface area contributed by atoms with E-state index in [2.05, 4.69) is 48.1 Å². The molecule has 1 aromatic rings. The topological polar surface area (TPSA) is 29.9 Å². The molecule has 1 N–H and O–H groups in total. The highest BCUT2D eigenvalue weighted by molar-refractivity contribution is 7.99. The zero-order chi connectivity index (χ0) is 13.2. The standard InChI is InChI=1S/C14H25N3S/c1-11-9-17(10-14(2,3)18-4)13(15-11)16-12-7-5-6-8-12/h9,12H,5-8,10H2,1-4H3,(H,15,16). The van der Waals surface area contributed by atoms with Crippen LogP contribution >= 0.6 is 11.8 Å². The molecule has 1 saturated carbocycles. The largest absolute Gasteiger partial charge is 0.353 e. The summed E-state index contributed by atoms with van der Waals surface area (Å²) in [7, 11) is 0. The van der Waals surface area contributed by atoms with E-state index in [1.807, 2.05) is 11.8 Å². The van der Waals surface area contributed by atoms with E-state index in [-0.39, 0.29) is 4.75 Å².